The van der Waals surface area contributed by atoms with Gasteiger partial charge in [0.2, 0.25) is 0 Å². The van der Waals surface area contributed by atoms with Crippen molar-refractivity contribution in [3.05, 3.63) is 77.6 Å². The topological polar surface area (TPSA) is 98.8 Å². The summed E-state index contributed by atoms with van der Waals surface area (Å²) in [5.74, 6) is 1.85. The number of nitrogens with one attached hydrogen (secondary N) is 2. The molecule has 2 N–H and O–H groups in total. The van der Waals surface area contributed by atoms with Gasteiger partial charge >= 0.3 is 0 Å². The van der Waals surface area contributed by atoms with Crippen LogP contribution in [-0.4, -0.2) is 43.6 Å². The van der Waals surface area contributed by atoms with E-state index in [4.69, 9.17) is 14.2 Å². The largest absolute Gasteiger partial charge is 0.490 e. The molecule has 34 heavy (non-hydrogen) atoms. The maximum absolute atomic E-state index is 12.6. The molecule has 1 aromatic heterocycles. The first-order valence-electron chi connectivity index (χ1n) is 11.2. The third-order valence-corrected chi connectivity index (χ3v) is 4.83. The van der Waals surface area contributed by atoms with Gasteiger partial charge in [0.1, 0.15) is 17.2 Å². The Balaban J connectivity index is 1.58. The third-order valence-electron chi connectivity index (χ3n) is 4.83. The predicted octanol–water partition coefficient (Wildman–Crippen LogP) is 4.00. The predicted molar refractivity (Wildman–Crippen MR) is 129 cm³/mol. The smallest absolute Gasteiger partial charge is 0.269 e. The lowest BCUT2D eigenvalue weighted by atomic mass is 10.1. The number of rotatable bonds is 11. The molecule has 0 fully saturated rings. The summed E-state index contributed by atoms with van der Waals surface area (Å²) in [6, 6.07) is 16.0. The number of carbonyl (C=O) groups excluding carboxylic acids is 2. The highest BCUT2D eigenvalue weighted by Gasteiger charge is 2.12. The van der Waals surface area contributed by atoms with Gasteiger partial charge in [0, 0.05) is 31.4 Å². The van der Waals surface area contributed by atoms with Crippen LogP contribution in [0.4, 0.5) is 0 Å². The van der Waals surface area contributed by atoms with Crippen LogP contribution in [0.1, 0.15) is 40.3 Å². The fourth-order valence-electron chi connectivity index (χ4n) is 3.24. The number of pyridine rings is 1. The molecular weight excluding hydrogens is 434 g/mol. The number of aromatic nitrogens is 1. The van der Waals surface area contributed by atoms with Gasteiger partial charge in [-0.2, -0.15) is 0 Å². The molecule has 2 aromatic carbocycles. The maximum Gasteiger partial charge on any atom is 0.269 e. The molecule has 0 unspecified atom stereocenters. The molecule has 8 nitrogen and oxygen atoms in total. The second-order valence-corrected chi connectivity index (χ2v) is 7.24. The average Bonchev–Trinajstić information content (AvgIpc) is 2.85. The molecule has 0 saturated carbocycles. The van der Waals surface area contributed by atoms with Crippen LogP contribution in [-0.2, 0) is 6.42 Å². The summed E-state index contributed by atoms with van der Waals surface area (Å²) >= 11 is 0. The summed E-state index contributed by atoms with van der Waals surface area (Å²) in [5, 5.41) is 5.47. The van der Waals surface area contributed by atoms with Crippen molar-refractivity contribution in [1.29, 1.82) is 0 Å². The molecule has 0 spiro atoms. The Morgan fingerprint density at radius 3 is 2.41 bits per heavy atom. The molecule has 0 atom stereocenters. The lowest BCUT2D eigenvalue weighted by Gasteiger charge is -2.12. The fourth-order valence-corrected chi connectivity index (χ4v) is 3.24. The van der Waals surface area contributed by atoms with Crippen molar-refractivity contribution < 1.29 is 23.8 Å². The highest BCUT2D eigenvalue weighted by molar-refractivity contribution is 5.95. The molecule has 8 heteroatoms. The Hall–Kier alpha value is -4.07. The average molecular weight is 464 g/mol. The van der Waals surface area contributed by atoms with Gasteiger partial charge in [-0.25, -0.2) is 0 Å². The molecular formula is C26H29N3O5. The van der Waals surface area contributed by atoms with Crippen molar-refractivity contribution >= 4 is 11.8 Å². The minimum absolute atomic E-state index is 0.185. The number of amides is 2. The van der Waals surface area contributed by atoms with E-state index in [1.807, 2.05) is 38.1 Å². The summed E-state index contributed by atoms with van der Waals surface area (Å²) in [5.41, 5.74) is 1.79. The van der Waals surface area contributed by atoms with Crippen LogP contribution in [0.5, 0.6) is 23.0 Å². The Labute approximate surface area is 199 Å². The lowest BCUT2D eigenvalue weighted by Crippen LogP contribution is -2.25. The van der Waals surface area contributed by atoms with Crippen molar-refractivity contribution in [2.45, 2.75) is 20.3 Å². The van der Waals surface area contributed by atoms with E-state index in [9.17, 15) is 9.59 Å². The zero-order valence-corrected chi connectivity index (χ0v) is 19.6. The summed E-state index contributed by atoms with van der Waals surface area (Å²) in [4.78, 5) is 28.4. The van der Waals surface area contributed by atoms with Crippen LogP contribution in [0.3, 0.4) is 0 Å². The van der Waals surface area contributed by atoms with Crippen molar-refractivity contribution in [3.8, 4) is 23.0 Å². The van der Waals surface area contributed by atoms with Crippen LogP contribution in [0.15, 0.2) is 60.8 Å². The van der Waals surface area contributed by atoms with Crippen LogP contribution in [0.25, 0.3) is 0 Å². The van der Waals surface area contributed by atoms with Gasteiger partial charge in [0.25, 0.3) is 11.8 Å². The highest BCUT2D eigenvalue weighted by atomic mass is 16.5. The number of hydrogen-bond acceptors (Lipinski definition) is 6. The highest BCUT2D eigenvalue weighted by Crippen LogP contribution is 2.28. The van der Waals surface area contributed by atoms with E-state index in [2.05, 4.69) is 15.6 Å². The van der Waals surface area contributed by atoms with Crippen LogP contribution in [0, 0.1) is 0 Å². The first-order chi connectivity index (χ1) is 16.5. The molecule has 3 aromatic rings. The molecule has 0 aliphatic carbocycles. The van der Waals surface area contributed by atoms with Crippen molar-refractivity contribution in [2.75, 3.05) is 26.8 Å². The van der Waals surface area contributed by atoms with E-state index in [-0.39, 0.29) is 17.5 Å². The molecule has 0 saturated heterocycles. The minimum atomic E-state index is -0.282. The normalized spacial score (nSPS) is 10.3. The van der Waals surface area contributed by atoms with Crippen molar-refractivity contribution in [2.24, 2.45) is 0 Å². The second kappa shape index (κ2) is 12.2. The van der Waals surface area contributed by atoms with E-state index in [1.54, 1.807) is 37.4 Å². The van der Waals surface area contributed by atoms with E-state index < -0.39 is 0 Å². The zero-order valence-electron chi connectivity index (χ0n) is 19.6. The number of ether oxygens (including phenoxy) is 3. The van der Waals surface area contributed by atoms with Crippen LogP contribution in [0.2, 0.25) is 0 Å². The van der Waals surface area contributed by atoms with E-state index in [1.165, 1.54) is 6.20 Å². The SMILES string of the molecule is CCOc1ccc(C(=O)NCCc2cccc(Oc3ccnc(C(=O)NC)c3)c2)cc1OCC. The van der Waals surface area contributed by atoms with Gasteiger partial charge in [-0.3, -0.25) is 14.6 Å². The number of benzene rings is 2. The first kappa shape index (κ1) is 24.6. The Kier molecular flexibility index (Phi) is 8.85. The fraction of sp³-hybridized carbons (Fsp3) is 0.269. The lowest BCUT2D eigenvalue weighted by molar-refractivity contribution is 0.0947. The monoisotopic (exact) mass is 463 g/mol. The molecule has 0 aliphatic rings. The van der Waals surface area contributed by atoms with E-state index >= 15 is 0 Å². The molecule has 3 rings (SSSR count). The Morgan fingerprint density at radius 2 is 1.65 bits per heavy atom. The van der Waals surface area contributed by atoms with Gasteiger partial charge in [-0.15, -0.1) is 0 Å². The molecule has 2 amide bonds. The zero-order chi connectivity index (χ0) is 24.3. The quantitative estimate of drug-likeness (QED) is 0.446. The van der Waals surface area contributed by atoms with Gasteiger partial charge in [0.05, 0.1) is 13.2 Å². The molecule has 178 valence electrons. The molecule has 0 aliphatic heterocycles. The standard InChI is InChI=1S/C26H29N3O5/c1-4-32-23-10-9-19(16-24(23)33-5-2)25(30)29-13-11-18-7-6-8-20(15-18)34-21-12-14-28-22(17-21)26(31)27-3/h6-10,12,14-17H,4-5,11,13H2,1-3H3,(H,27,31)(H,29,30). The minimum Gasteiger partial charge on any atom is -0.490 e. The number of hydrogen-bond donors (Lipinski definition) is 2. The van der Waals surface area contributed by atoms with Crippen LogP contribution >= 0.6 is 0 Å². The van der Waals surface area contributed by atoms with Crippen LogP contribution < -0.4 is 24.8 Å². The van der Waals surface area contributed by atoms with E-state index in [0.29, 0.717) is 54.7 Å². The van der Waals surface area contributed by atoms with Crippen molar-refractivity contribution in [3.63, 3.8) is 0 Å². The maximum atomic E-state index is 12.6. The Bertz CT molecular complexity index is 1130. The summed E-state index contributed by atoms with van der Waals surface area (Å²) in [6.07, 6.45) is 2.15. The third kappa shape index (κ3) is 6.71. The molecule has 0 bridgehead atoms. The summed E-state index contributed by atoms with van der Waals surface area (Å²) in [6.45, 7) is 5.24. The molecule has 1 heterocycles. The molecule has 0 radical (unpaired) electrons. The number of nitrogens with zero attached hydrogens (tertiary/aromatic N) is 1. The summed E-state index contributed by atoms with van der Waals surface area (Å²) < 4.78 is 17.0. The van der Waals surface area contributed by atoms with Gasteiger partial charge < -0.3 is 24.8 Å². The second-order valence-electron chi connectivity index (χ2n) is 7.24. The van der Waals surface area contributed by atoms with Gasteiger partial charge in [-0.1, -0.05) is 12.1 Å². The number of carbonyl (C=O) groups is 2. The van der Waals surface area contributed by atoms with Gasteiger partial charge in [0.15, 0.2) is 11.5 Å². The Morgan fingerprint density at radius 1 is 0.882 bits per heavy atom. The van der Waals surface area contributed by atoms with Crippen molar-refractivity contribution in [1.82, 2.24) is 15.6 Å². The first-order valence-corrected chi connectivity index (χ1v) is 11.2. The van der Waals surface area contributed by atoms with E-state index in [0.717, 1.165) is 5.56 Å². The summed E-state index contributed by atoms with van der Waals surface area (Å²) in [7, 11) is 1.55. The van der Waals surface area contributed by atoms with Gasteiger partial charge in [-0.05, 0) is 62.2 Å².